The van der Waals surface area contributed by atoms with Gasteiger partial charge in [0.25, 0.3) is 0 Å². The minimum atomic E-state index is -0.754. The molecule has 98 valence electrons. The normalized spacial score (nSPS) is 12.3. The predicted molar refractivity (Wildman–Crippen MR) is 68.4 cm³/mol. The van der Waals surface area contributed by atoms with Crippen LogP contribution in [0.1, 0.15) is 35.6 Å². The van der Waals surface area contributed by atoms with E-state index >= 15 is 0 Å². The number of Topliss-reactive ketones (excluding diaryl/α,β-unsaturated/α-hetero) is 1. The van der Waals surface area contributed by atoms with Crippen molar-refractivity contribution in [2.75, 3.05) is 7.11 Å². The fourth-order valence-electron chi connectivity index (χ4n) is 1.97. The zero-order valence-corrected chi connectivity index (χ0v) is 11.5. The maximum Gasteiger partial charge on any atom is 0.316 e. The molecule has 4 nitrogen and oxygen atoms in total. The van der Waals surface area contributed by atoms with Gasteiger partial charge in [-0.05, 0) is 31.9 Å². The Bertz CT molecular complexity index is 446. The molecule has 0 radical (unpaired) electrons. The van der Waals surface area contributed by atoms with Gasteiger partial charge in [-0.1, -0.05) is 13.8 Å². The minimum absolute atomic E-state index is 0.0984. The molecule has 1 heterocycles. The van der Waals surface area contributed by atoms with Gasteiger partial charge in [-0.25, -0.2) is 0 Å². The molecule has 0 aliphatic carbocycles. The van der Waals surface area contributed by atoms with E-state index in [0.29, 0.717) is 5.56 Å². The number of rotatable bonds is 4. The van der Waals surface area contributed by atoms with Crippen molar-refractivity contribution in [2.45, 2.75) is 27.7 Å². The fourth-order valence-corrected chi connectivity index (χ4v) is 1.97. The lowest BCUT2D eigenvalue weighted by Gasteiger charge is -2.17. The first-order chi connectivity index (χ1) is 8.36. The molecule has 0 N–H and O–H groups in total. The highest BCUT2D eigenvalue weighted by Crippen LogP contribution is 2.19. The van der Waals surface area contributed by atoms with Crippen LogP contribution in [0.3, 0.4) is 0 Å². The van der Waals surface area contributed by atoms with Crippen LogP contribution in [0.25, 0.3) is 0 Å². The van der Waals surface area contributed by atoms with E-state index < -0.39 is 11.9 Å². The Morgan fingerprint density at radius 1 is 1.17 bits per heavy atom. The number of carbonyl (C=O) groups excluding carboxylic acids is 2. The largest absolute Gasteiger partial charge is 0.468 e. The van der Waals surface area contributed by atoms with E-state index in [-0.39, 0.29) is 11.7 Å². The Labute approximate surface area is 107 Å². The van der Waals surface area contributed by atoms with Gasteiger partial charge in [0, 0.05) is 17.0 Å². The third-order valence-corrected chi connectivity index (χ3v) is 2.77. The Hall–Kier alpha value is -1.71. The van der Waals surface area contributed by atoms with Crippen molar-refractivity contribution in [3.05, 3.63) is 29.1 Å². The molecule has 0 aromatic carbocycles. The summed E-state index contributed by atoms with van der Waals surface area (Å²) in [5.74, 6) is -1.54. The molecular formula is C14H19NO3. The van der Waals surface area contributed by atoms with Crippen LogP contribution in [0.15, 0.2) is 12.1 Å². The van der Waals surface area contributed by atoms with Crippen molar-refractivity contribution in [3.8, 4) is 0 Å². The third kappa shape index (κ3) is 3.15. The lowest BCUT2D eigenvalue weighted by molar-refractivity contribution is -0.144. The number of pyridine rings is 1. The summed E-state index contributed by atoms with van der Waals surface area (Å²) < 4.78 is 4.70. The van der Waals surface area contributed by atoms with Crippen molar-refractivity contribution in [2.24, 2.45) is 11.8 Å². The SMILES string of the molecule is COC(=O)C(C(=O)c1cc(C)nc(C)c1)C(C)C. The quantitative estimate of drug-likeness (QED) is 0.467. The second-order valence-electron chi connectivity index (χ2n) is 4.75. The molecule has 0 fully saturated rings. The molecular weight excluding hydrogens is 230 g/mol. The number of nitrogens with zero attached hydrogens (tertiary/aromatic N) is 1. The second kappa shape index (κ2) is 5.76. The number of ketones is 1. The fraction of sp³-hybridized carbons (Fsp3) is 0.500. The van der Waals surface area contributed by atoms with Gasteiger partial charge in [0.2, 0.25) is 0 Å². The highest BCUT2D eigenvalue weighted by molar-refractivity contribution is 6.08. The Morgan fingerprint density at radius 2 is 1.67 bits per heavy atom. The van der Waals surface area contributed by atoms with Crippen LogP contribution in [-0.2, 0) is 9.53 Å². The molecule has 0 bridgehead atoms. The second-order valence-corrected chi connectivity index (χ2v) is 4.75. The summed E-state index contributed by atoms with van der Waals surface area (Å²) in [6.45, 7) is 7.32. The summed E-state index contributed by atoms with van der Waals surface area (Å²) in [7, 11) is 1.30. The molecule has 1 aromatic rings. The molecule has 0 saturated heterocycles. The molecule has 0 saturated carbocycles. The van der Waals surface area contributed by atoms with Gasteiger partial charge in [0.15, 0.2) is 5.78 Å². The summed E-state index contributed by atoms with van der Waals surface area (Å²) in [5.41, 5.74) is 2.06. The standard InChI is InChI=1S/C14H19NO3/c1-8(2)12(14(17)18-5)13(16)11-6-9(3)15-10(4)7-11/h6-8,12H,1-5H3. The van der Waals surface area contributed by atoms with Gasteiger partial charge >= 0.3 is 5.97 Å². The van der Waals surface area contributed by atoms with Gasteiger partial charge in [-0.2, -0.15) is 0 Å². The van der Waals surface area contributed by atoms with Gasteiger partial charge < -0.3 is 4.74 Å². The molecule has 0 aliphatic rings. The summed E-state index contributed by atoms with van der Waals surface area (Å²) in [5, 5.41) is 0. The van der Waals surface area contributed by atoms with E-state index in [1.807, 2.05) is 27.7 Å². The van der Waals surface area contributed by atoms with Crippen molar-refractivity contribution in [3.63, 3.8) is 0 Å². The average Bonchev–Trinajstić information content (AvgIpc) is 2.26. The van der Waals surface area contributed by atoms with E-state index in [1.54, 1.807) is 12.1 Å². The number of carbonyl (C=O) groups is 2. The zero-order valence-electron chi connectivity index (χ0n) is 11.5. The summed E-state index contributed by atoms with van der Waals surface area (Å²) in [6, 6.07) is 3.40. The molecule has 1 atom stereocenters. The Balaban J connectivity index is 3.13. The van der Waals surface area contributed by atoms with Crippen LogP contribution in [0.2, 0.25) is 0 Å². The molecule has 0 spiro atoms. The monoisotopic (exact) mass is 249 g/mol. The first-order valence-electron chi connectivity index (χ1n) is 5.94. The van der Waals surface area contributed by atoms with E-state index in [2.05, 4.69) is 4.98 Å². The molecule has 18 heavy (non-hydrogen) atoms. The lowest BCUT2D eigenvalue weighted by Crippen LogP contribution is -2.30. The number of esters is 1. The molecule has 0 amide bonds. The summed E-state index contributed by atoms with van der Waals surface area (Å²) in [4.78, 5) is 28.3. The maximum atomic E-state index is 12.4. The smallest absolute Gasteiger partial charge is 0.316 e. The van der Waals surface area contributed by atoms with Crippen molar-refractivity contribution < 1.29 is 14.3 Å². The average molecular weight is 249 g/mol. The van der Waals surface area contributed by atoms with Crippen LogP contribution in [-0.4, -0.2) is 23.8 Å². The van der Waals surface area contributed by atoms with Gasteiger partial charge in [-0.15, -0.1) is 0 Å². The lowest BCUT2D eigenvalue weighted by atomic mass is 9.88. The van der Waals surface area contributed by atoms with Crippen molar-refractivity contribution >= 4 is 11.8 Å². The predicted octanol–water partition coefficient (Wildman–Crippen LogP) is 2.33. The van der Waals surface area contributed by atoms with Gasteiger partial charge in [0.1, 0.15) is 5.92 Å². The molecule has 0 aliphatic heterocycles. The van der Waals surface area contributed by atoms with Crippen LogP contribution < -0.4 is 0 Å². The molecule has 1 aromatic heterocycles. The van der Waals surface area contributed by atoms with Crippen molar-refractivity contribution in [1.82, 2.24) is 4.98 Å². The minimum Gasteiger partial charge on any atom is -0.468 e. The maximum absolute atomic E-state index is 12.4. The van der Waals surface area contributed by atoms with Crippen LogP contribution >= 0.6 is 0 Å². The molecule has 1 unspecified atom stereocenters. The summed E-state index contributed by atoms with van der Waals surface area (Å²) in [6.07, 6.45) is 0. The van der Waals surface area contributed by atoms with E-state index in [9.17, 15) is 9.59 Å². The molecule has 1 rings (SSSR count). The van der Waals surface area contributed by atoms with Gasteiger partial charge in [0.05, 0.1) is 7.11 Å². The molecule has 4 heteroatoms. The number of methoxy groups -OCH3 is 1. The van der Waals surface area contributed by atoms with E-state index in [4.69, 9.17) is 4.74 Å². The third-order valence-electron chi connectivity index (χ3n) is 2.77. The Kier molecular flexibility index (Phi) is 4.59. The van der Waals surface area contributed by atoms with Crippen LogP contribution in [0.4, 0.5) is 0 Å². The highest BCUT2D eigenvalue weighted by Gasteiger charge is 2.31. The van der Waals surface area contributed by atoms with Gasteiger partial charge in [-0.3, -0.25) is 14.6 Å². The Morgan fingerprint density at radius 3 is 2.06 bits per heavy atom. The van der Waals surface area contributed by atoms with E-state index in [0.717, 1.165) is 11.4 Å². The van der Waals surface area contributed by atoms with Crippen LogP contribution in [0.5, 0.6) is 0 Å². The number of ether oxygens (including phenoxy) is 1. The van der Waals surface area contributed by atoms with Crippen LogP contribution in [0, 0.1) is 25.7 Å². The number of hydrogen-bond donors (Lipinski definition) is 0. The first kappa shape index (κ1) is 14.4. The number of aromatic nitrogens is 1. The topological polar surface area (TPSA) is 56.3 Å². The van der Waals surface area contributed by atoms with E-state index in [1.165, 1.54) is 7.11 Å². The number of aryl methyl sites for hydroxylation is 2. The number of hydrogen-bond acceptors (Lipinski definition) is 4. The zero-order chi connectivity index (χ0) is 13.9. The van der Waals surface area contributed by atoms with Crippen molar-refractivity contribution in [1.29, 1.82) is 0 Å². The summed E-state index contributed by atoms with van der Waals surface area (Å²) >= 11 is 0. The first-order valence-corrected chi connectivity index (χ1v) is 5.94. The highest BCUT2D eigenvalue weighted by atomic mass is 16.5.